The molecule has 0 bridgehead atoms. The fraction of sp³-hybridized carbons (Fsp3) is 0.533. The summed E-state index contributed by atoms with van der Waals surface area (Å²) < 4.78 is 35.2. The van der Waals surface area contributed by atoms with E-state index in [1.54, 1.807) is 24.4 Å². The first-order chi connectivity index (χ1) is 18.7. The molecule has 5 rings (SSSR count). The third-order valence-electron chi connectivity index (χ3n) is 8.56. The molecule has 0 amide bonds. The number of aromatic nitrogens is 4. The summed E-state index contributed by atoms with van der Waals surface area (Å²) >= 11 is 0. The van der Waals surface area contributed by atoms with E-state index in [0.29, 0.717) is 28.4 Å². The Morgan fingerprint density at radius 2 is 1.92 bits per heavy atom. The molecule has 0 spiro atoms. The summed E-state index contributed by atoms with van der Waals surface area (Å²) in [5.74, 6) is 0.679. The van der Waals surface area contributed by atoms with Crippen molar-refractivity contribution in [3.63, 3.8) is 0 Å². The maximum Gasteiger partial charge on any atom is 0.216 e. The minimum Gasteiger partial charge on any atom is -0.507 e. The van der Waals surface area contributed by atoms with Crippen molar-refractivity contribution < 1.29 is 18.6 Å². The third-order valence-corrected chi connectivity index (χ3v) is 8.56. The van der Waals surface area contributed by atoms with Crippen molar-refractivity contribution in [1.82, 2.24) is 20.2 Å². The highest BCUT2D eigenvalue weighted by Gasteiger charge is 2.46. The summed E-state index contributed by atoms with van der Waals surface area (Å²) in [5.41, 5.74) is 1.14. The normalized spacial score (nSPS) is 25.5. The Labute approximate surface area is 228 Å². The van der Waals surface area contributed by atoms with Gasteiger partial charge in [-0.2, -0.15) is 9.37 Å². The number of anilines is 1. The highest BCUT2D eigenvalue weighted by Crippen LogP contribution is 2.45. The van der Waals surface area contributed by atoms with Crippen molar-refractivity contribution in [3.05, 3.63) is 42.5 Å². The molecule has 0 radical (unpaired) electrons. The first-order valence-corrected chi connectivity index (χ1v) is 13.9. The quantitative estimate of drug-likeness (QED) is 0.334. The van der Waals surface area contributed by atoms with E-state index in [1.165, 1.54) is 19.2 Å². The summed E-state index contributed by atoms with van der Waals surface area (Å²) in [4.78, 5) is 10.3. The molecule has 39 heavy (non-hydrogen) atoms. The van der Waals surface area contributed by atoms with Gasteiger partial charge in [-0.25, -0.2) is 9.37 Å². The monoisotopic (exact) mass is 537 g/mol. The van der Waals surface area contributed by atoms with Gasteiger partial charge in [0.25, 0.3) is 0 Å². The van der Waals surface area contributed by atoms with Crippen LogP contribution in [-0.2, 0) is 0 Å². The molecule has 1 aromatic carbocycles. The first-order valence-electron chi connectivity index (χ1n) is 13.9. The number of rotatable bonds is 7. The van der Waals surface area contributed by atoms with Gasteiger partial charge in [-0.3, -0.25) is 0 Å². The lowest BCUT2D eigenvalue weighted by Crippen LogP contribution is -2.51. The van der Waals surface area contributed by atoms with Crippen molar-refractivity contribution in [2.24, 2.45) is 11.3 Å². The summed E-state index contributed by atoms with van der Waals surface area (Å²) in [5, 5.41) is 19.6. The van der Waals surface area contributed by atoms with Crippen LogP contribution in [0, 0.1) is 17.3 Å². The number of halogens is 2. The van der Waals surface area contributed by atoms with Crippen LogP contribution in [0.2, 0.25) is 0 Å². The van der Waals surface area contributed by atoms with Gasteiger partial charge in [0, 0.05) is 23.6 Å². The van der Waals surface area contributed by atoms with Crippen LogP contribution in [0.25, 0.3) is 22.5 Å². The van der Waals surface area contributed by atoms with Gasteiger partial charge in [-0.05, 0) is 61.3 Å². The summed E-state index contributed by atoms with van der Waals surface area (Å²) in [7, 11) is 1.42. The second-order valence-corrected chi connectivity index (χ2v) is 11.4. The first kappa shape index (κ1) is 27.2. The highest BCUT2D eigenvalue weighted by molar-refractivity contribution is 5.73. The molecule has 2 aromatic heterocycles. The van der Waals surface area contributed by atoms with Crippen LogP contribution in [0.1, 0.15) is 65.7 Å². The van der Waals surface area contributed by atoms with Crippen LogP contribution in [0.4, 0.5) is 14.6 Å². The number of phenols is 1. The Morgan fingerprint density at radius 1 is 1.13 bits per heavy atom. The molecule has 4 atom stereocenters. The Bertz CT molecular complexity index is 1300. The minimum absolute atomic E-state index is 0.0614. The number of phenolic OH excluding ortho intramolecular Hbond substituents is 1. The van der Waals surface area contributed by atoms with E-state index < -0.39 is 12.1 Å². The van der Waals surface area contributed by atoms with E-state index in [2.05, 4.69) is 45.8 Å². The van der Waals surface area contributed by atoms with Crippen molar-refractivity contribution in [3.8, 4) is 34.1 Å². The lowest BCUT2D eigenvalue weighted by Gasteiger charge is -2.45. The van der Waals surface area contributed by atoms with Crippen molar-refractivity contribution in [1.29, 1.82) is 0 Å². The zero-order valence-corrected chi connectivity index (χ0v) is 23.1. The van der Waals surface area contributed by atoms with Crippen LogP contribution < -0.4 is 9.64 Å². The van der Waals surface area contributed by atoms with Crippen LogP contribution in [0.15, 0.2) is 36.5 Å². The second kappa shape index (κ2) is 11.0. The standard InChI is InChI=1S/C30H37F2N5O2/c1-5-30(3)12-6-7-18(2)13-23(28(30)32)37(21-9-10-21)26-17-33-29(36-35-26)22-11-8-19(14-24(22)38)20-15-25(31)34-27(16-20)39-4/h8,11,14-18,21,23,28,38H,5-7,9-10,12-13H2,1-4H3/t18?,23-,28-,30+/m0/s1. The molecule has 2 aliphatic rings. The van der Waals surface area contributed by atoms with Gasteiger partial charge in [0.2, 0.25) is 11.8 Å². The van der Waals surface area contributed by atoms with Gasteiger partial charge in [0.1, 0.15) is 11.9 Å². The largest absolute Gasteiger partial charge is 0.507 e. The van der Waals surface area contributed by atoms with E-state index >= 15 is 4.39 Å². The molecular formula is C30H37F2N5O2. The fourth-order valence-corrected chi connectivity index (χ4v) is 5.87. The molecule has 9 heteroatoms. The highest BCUT2D eigenvalue weighted by atomic mass is 19.1. The molecule has 0 aliphatic heterocycles. The van der Waals surface area contributed by atoms with E-state index in [4.69, 9.17) is 4.74 Å². The van der Waals surface area contributed by atoms with E-state index in [0.717, 1.165) is 44.9 Å². The molecule has 2 heterocycles. The number of methoxy groups -OCH3 is 1. The lowest BCUT2D eigenvalue weighted by molar-refractivity contribution is 0.0577. The van der Waals surface area contributed by atoms with E-state index in [1.807, 2.05) is 0 Å². The molecular weight excluding hydrogens is 500 g/mol. The molecule has 2 aliphatic carbocycles. The number of hydrogen-bond donors (Lipinski definition) is 1. The van der Waals surface area contributed by atoms with Crippen LogP contribution >= 0.6 is 0 Å². The van der Waals surface area contributed by atoms with Crippen LogP contribution in [-0.4, -0.2) is 50.6 Å². The number of nitrogens with zero attached hydrogens (tertiary/aromatic N) is 5. The smallest absolute Gasteiger partial charge is 0.216 e. The summed E-state index contributed by atoms with van der Waals surface area (Å²) in [6.07, 6.45) is 7.32. The number of alkyl halides is 1. The van der Waals surface area contributed by atoms with Crippen molar-refractivity contribution in [2.75, 3.05) is 12.0 Å². The number of hydrogen-bond acceptors (Lipinski definition) is 7. The zero-order valence-electron chi connectivity index (χ0n) is 23.1. The topological polar surface area (TPSA) is 84.3 Å². The molecule has 1 unspecified atom stereocenters. The maximum absolute atomic E-state index is 16.3. The third kappa shape index (κ3) is 5.68. The van der Waals surface area contributed by atoms with E-state index in [9.17, 15) is 9.50 Å². The Kier molecular flexibility index (Phi) is 7.69. The van der Waals surface area contributed by atoms with Gasteiger partial charge in [-0.15, -0.1) is 10.2 Å². The minimum atomic E-state index is -0.972. The van der Waals surface area contributed by atoms with E-state index in [-0.39, 0.29) is 35.0 Å². The number of ether oxygens (including phenoxy) is 1. The Morgan fingerprint density at radius 3 is 2.56 bits per heavy atom. The fourth-order valence-electron chi connectivity index (χ4n) is 5.87. The van der Waals surface area contributed by atoms with Gasteiger partial charge in [0.15, 0.2) is 11.6 Å². The van der Waals surface area contributed by atoms with Crippen molar-refractivity contribution in [2.45, 2.75) is 84.0 Å². The SMILES string of the molecule is CC[C@]1(C)CCCC(C)C[C@H](N(c2cnc(-c3ccc(-c4cc(F)nc(OC)c4)cc3O)nn2)C2CC2)[C@@H]1F. The molecule has 1 N–H and O–H groups in total. The molecule has 3 aromatic rings. The predicted octanol–water partition coefficient (Wildman–Crippen LogP) is 6.76. The summed E-state index contributed by atoms with van der Waals surface area (Å²) in [6, 6.07) is 7.77. The number of benzene rings is 1. The number of pyridine rings is 1. The second-order valence-electron chi connectivity index (χ2n) is 11.4. The molecule has 7 nitrogen and oxygen atoms in total. The van der Waals surface area contributed by atoms with Crippen molar-refractivity contribution >= 4 is 5.82 Å². The number of aromatic hydroxyl groups is 1. The summed E-state index contributed by atoms with van der Waals surface area (Å²) in [6.45, 7) is 6.39. The molecule has 2 saturated carbocycles. The van der Waals surface area contributed by atoms with Gasteiger partial charge in [0.05, 0.1) is 24.9 Å². The lowest BCUT2D eigenvalue weighted by atomic mass is 9.71. The molecule has 2 fully saturated rings. The van der Waals surface area contributed by atoms with Gasteiger partial charge < -0.3 is 14.7 Å². The molecule has 0 saturated heterocycles. The van der Waals surface area contributed by atoms with Crippen LogP contribution in [0.3, 0.4) is 0 Å². The predicted molar refractivity (Wildman–Crippen MR) is 147 cm³/mol. The van der Waals surface area contributed by atoms with Gasteiger partial charge in [-0.1, -0.05) is 39.7 Å². The Balaban J connectivity index is 1.43. The average Bonchev–Trinajstić information content (AvgIpc) is 3.77. The maximum atomic E-state index is 16.3. The zero-order chi connectivity index (χ0) is 27.7. The molecule has 208 valence electrons. The van der Waals surface area contributed by atoms with Gasteiger partial charge >= 0.3 is 0 Å². The van der Waals surface area contributed by atoms with Crippen LogP contribution in [0.5, 0.6) is 11.6 Å². The average molecular weight is 538 g/mol. The Hall–Kier alpha value is -3.36.